The van der Waals surface area contributed by atoms with Crippen molar-refractivity contribution in [2.45, 2.75) is 18.8 Å². The maximum atomic E-state index is 13.6. The van der Waals surface area contributed by atoms with E-state index < -0.39 is 0 Å². The van der Waals surface area contributed by atoms with E-state index in [2.05, 4.69) is 34.5 Å². The quantitative estimate of drug-likeness (QED) is 0.561. The lowest BCUT2D eigenvalue weighted by atomic mass is 9.90. The molecule has 1 N–H and O–H groups in total. The highest BCUT2D eigenvalue weighted by molar-refractivity contribution is 6.07. The van der Waals surface area contributed by atoms with Gasteiger partial charge in [0.25, 0.3) is 5.91 Å². The number of H-pyrrole nitrogens is 1. The largest absolute Gasteiger partial charge is 0.338 e. The lowest BCUT2D eigenvalue weighted by Gasteiger charge is -2.33. The molecule has 144 valence electrons. The van der Waals surface area contributed by atoms with Gasteiger partial charge in [0.1, 0.15) is 0 Å². The molecule has 5 rings (SSSR count). The minimum Gasteiger partial charge on any atom is -0.338 e. The fourth-order valence-electron chi connectivity index (χ4n) is 4.22. The number of aromatic nitrogens is 3. The third kappa shape index (κ3) is 3.40. The predicted octanol–water partition coefficient (Wildman–Crippen LogP) is 4.64. The lowest BCUT2D eigenvalue weighted by molar-refractivity contribution is 0.0709. The van der Waals surface area contributed by atoms with Crippen molar-refractivity contribution in [2.75, 3.05) is 13.1 Å². The summed E-state index contributed by atoms with van der Waals surface area (Å²) in [6.45, 7) is 1.54. The van der Waals surface area contributed by atoms with Gasteiger partial charge in [-0.3, -0.25) is 9.89 Å². The summed E-state index contributed by atoms with van der Waals surface area (Å²) in [5, 5.41) is 7.75. The van der Waals surface area contributed by atoms with Gasteiger partial charge in [-0.2, -0.15) is 5.10 Å². The van der Waals surface area contributed by atoms with E-state index in [0.717, 1.165) is 48.1 Å². The van der Waals surface area contributed by atoms with E-state index in [4.69, 9.17) is 4.98 Å². The molecule has 3 heterocycles. The molecule has 0 unspecified atom stereocenters. The van der Waals surface area contributed by atoms with Crippen LogP contribution in [0.15, 0.2) is 73.1 Å². The van der Waals surface area contributed by atoms with Gasteiger partial charge in [0.15, 0.2) is 0 Å². The molecule has 4 aromatic rings. The maximum absolute atomic E-state index is 13.6. The summed E-state index contributed by atoms with van der Waals surface area (Å²) < 4.78 is 0. The van der Waals surface area contributed by atoms with Crippen LogP contribution < -0.4 is 0 Å². The van der Waals surface area contributed by atoms with Gasteiger partial charge in [-0.25, -0.2) is 4.98 Å². The molecule has 0 bridgehead atoms. The molecule has 1 saturated heterocycles. The zero-order chi connectivity index (χ0) is 19.6. The van der Waals surface area contributed by atoms with Gasteiger partial charge in [0, 0.05) is 36.2 Å². The van der Waals surface area contributed by atoms with Crippen molar-refractivity contribution in [1.82, 2.24) is 20.1 Å². The van der Waals surface area contributed by atoms with Crippen molar-refractivity contribution in [1.29, 1.82) is 0 Å². The molecule has 5 heteroatoms. The number of aromatic amines is 1. The minimum atomic E-state index is 0.0778. The molecule has 2 aromatic heterocycles. The van der Waals surface area contributed by atoms with E-state index in [0.29, 0.717) is 11.5 Å². The molecule has 1 fully saturated rings. The van der Waals surface area contributed by atoms with Gasteiger partial charge in [-0.1, -0.05) is 48.5 Å². The zero-order valence-corrected chi connectivity index (χ0v) is 16.1. The molecule has 1 aliphatic heterocycles. The Morgan fingerprint density at radius 2 is 1.90 bits per heavy atom. The zero-order valence-electron chi connectivity index (χ0n) is 16.1. The number of fused-ring (bicyclic) bond motifs is 1. The van der Waals surface area contributed by atoms with E-state index in [1.807, 2.05) is 41.3 Å². The standard InChI is InChI=1S/C24H22N4O/c29-24(28-12-6-9-18(16-28)17-7-2-1-3-8-17)21-13-23(19-14-25-26-15-19)27-22-11-5-4-10-20(21)22/h1-5,7-8,10-11,13-15,18H,6,9,12,16H2,(H,25,26)/t18-/m1/s1. The molecule has 0 aliphatic carbocycles. The van der Waals surface area contributed by atoms with E-state index in [1.54, 1.807) is 12.4 Å². The van der Waals surface area contributed by atoms with Gasteiger partial charge in [0.05, 0.1) is 23.0 Å². The minimum absolute atomic E-state index is 0.0778. The van der Waals surface area contributed by atoms with Crippen LogP contribution in [0.1, 0.15) is 34.7 Å². The number of amides is 1. The highest BCUT2D eigenvalue weighted by atomic mass is 16.2. The fourth-order valence-corrected chi connectivity index (χ4v) is 4.22. The van der Waals surface area contributed by atoms with Crippen LogP contribution in [0.5, 0.6) is 0 Å². The van der Waals surface area contributed by atoms with Crippen LogP contribution in [-0.4, -0.2) is 39.1 Å². The van der Waals surface area contributed by atoms with Crippen molar-refractivity contribution in [3.8, 4) is 11.3 Å². The monoisotopic (exact) mass is 382 g/mol. The number of pyridine rings is 1. The summed E-state index contributed by atoms with van der Waals surface area (Å²) in [6, 6.07) is 20.3. The van der Waals surface area contributed by atoms with E-state index in [1.165, 1.54) is 5.56 Å². The molecule has 2 aromatic carbocycles. The molecule has 1 atom stereocenters. The number of rotatable bonds is 3. The Bertz CT molecular complexity index is 1140. The Balaban J connectivity index is 1.52. The number of hydrogen-bond acceptors (Lipinski definition) is 3. The molecule has 0 spiro atoms. The predicted molar refractivity (Wildman–Crippen MR) is 114 cm³/mol. The molecule has 0 radical (unpaired) electrons. The Morgan fingerprint density at radius 3 is 2.72 bits per heavy atom. The van der Waals surface area contributed by atoms with E-state index >= 15 is 0 Å². The Morgan fingerprint density at radius 1 is 1.07 bits per heavy atom. The van der Waals surface area contributed by atoms with Crippen LogP contribution in [0.25, 0.3) is 22.2 Å². The van der Waals surface area contributed by atoms with Gasteiger partial charge in [0.2, 0.25) is 0 Å². The van der Waals surface area contributed by atoms with Gasteiger partial charge >= 0.3 is 0 Å². The molecule has 0 saturated carbocycles. The van der Waals surface area contributed by atoms with Crippen LogP contribution in [0.4, 0.5) is 0 Å². The first-order valence-electron chi connectivity index (χ1n) is 10.0. The van der Waals surface area contributed by atoms with E-state index in [-0.39, 0.29) is 5.91 Å². The number of piperidine rings is 1. The summed E-state index contributed by atoms with van der Waals surface area (Å²) in [5.41, 5.74) is 4.48. The summed E-state index contributed by atoms with van der Waals surface area (Å²) in [4.78, 5) is 20.3. The second kappa shape index (κ2) is 7.51. The van der Waals surface area contributed by atoms with Crippen LogP contribution in [0.3, 0.4) is 0 Å². The summed E-state index contributed by atoms with van der Waals surface area (Å²) in [6.07, 6.45) is 5.67. The smallest absolute Gasteiger partial charge is 0.254 e. The third-order valence-corrected chi connectivity index (χ3v) is 5.72. The maximum Gasteiger partial charge on any atom is 0.254 e. The van der Waals surface area contributed by atoms with E-state index in [9.17, 15) is 4.79 Å². The summed E-state index contributed by atoms with van der Waals surface area (Å²) in [5.74, 6) is 0.462. The third-order valence-electron chi connectivity index (χ3n) is 5.72. The number of nitrogens with zero attached hydrogens (tertiary/aromatic N) is 3. The van der Waals surface area contributed by atoms with Gasteiger partial charge in [-0.05, 0) is 30.5 Å². The second-order valence-corrected chi connectivity index (χ2v) is 7.56. The molecule has 5 nitrogen and oxygen atoms in total. The first-order valence-corrected chi connectivity index (χ1v) is 10.0. The van der Waals surface area contributed by atoms with Crippen molar-refractivity contribution in [3.63, 3.8) is 0 Å². The van der Waals surface area contributed by atoms with Crippen LogP contribution in [0, 0.1) is 0 Å². The lowest BCUT2D eigenvalue weighted by Crippen LogP contribution is -2.39. The average Bonchev–Trinajstić information content (AvgIpc) is 3.34. The number of carbonyl (C=O) groups excluding carboxylic acids is 1. The highest BCUT2D eigenvalue weighted by Gasteiger charge is 2.27. The normalized spacial score (nSPS) is 16.8. The van der Waals surface area contributed by atoms with Crippen molar-refractivity contribution >= 4 is 16.8 Å². The number of para-hydroxylation sites is 1. The number of hydrogen-bond donors (Lipinski definition) is 1. The SMILES string of the molecule is O=C(c1cc(-c2cn[nH]c2)nc2ccccc12)N1CCC[C@@H](c2ccccc2)C1. The number of likely N-dealkylation sites (tertiary alicyclic amines) is 1. The van der Waals surface area contributed by atoms with Crippen LogP contribution in [0.2, 0.25) is 0 Å². The molecule has 1 aliphatic rings. The highest BCUT2D eigenvalue weighted by Crippen LogP contribution is 2.30. The first-order chi connectivity index (χ1) is 14.3. The van der Waals surface area contributed by atoms with Crippen molar-refractivity contribution in [2.24, 2.45) is 0 Å². The van der Waals surface area contributed by atoms with Gasteiger partial charge < -0.3 is 4.90 Å². The average molecular weight is 382 g/mol. The van der Waals surface area contributed by atoms with Crippen molar-refractivity contribution < 1.29 is 4.79 Å². The molecule has 29 heavy (non-hydrogen) atoms. The number of nitrogens with one attached hydrogen (secondary N) is 1. The number of benzene rings is 2. The summed E-state index contributed by atoms with van der Waals surface area (Å²) >= 11 is 0. The second-order valence-electron chi connectivity index (χ2n) is 7.56. The molecular weight excluding hydrogens is 360 g/mol. The molecule has 1 amide bonds. The Labute approximate surface area is 169 Å². The fraction of sp³-hybridized carbons (Fsp3) is 0.208. The Kier molecular flexibility index (Phi) is 4.56. The number of carbonyl (C=O) groups is 1. The Hall–Kier alpha value is -3.47. The van der Waals surface area contributed by atoms with Crippen molar-refractivity contribution in [3.05, 3.63) is 84.2 Å². The molecular formula is C24H22N4O. The first kappa shape index (κ1) is 17.6. The van der Waals surface area contributed by atoms with Crippen LogP contribution in [-0.2, 0) is 0 Å². The van der Waals surface area contributed by atoms with Crippen LogP contribution >= 0.6 is 0 Å². The van der Waals surface area contributed by atoms with Gasteiger partial charge in [-0.15, -0.1) is 0 Å². The topological polar surface area (TPSA) is 61.9 Å². The summed E-state index contributed by atoms with van der Waals surface area (Å²) in [7, 11) is 0.